The summed E-state index contributed by atoms with van der Waals surface area (Å²) in [5.41, 5.74) is 0.337. The van der Waals surface area contributed by atoms with Crippen LogP contribution >= 0.6 is 0 Å². The number of nitrogens with one attached hydrogen (secondary N) is 1. The van der Waals surface area contributed by atoms with Gasteiger partial charge in [-0.2, -0.15) is 0 Å². The molecule has 25 heavy (non-hydrogen) atoms. The lowest BCUT2D eigenvalue weighted by atomic mass is 10.0. The van der Waals surface area contributed by atoms with Gasteiger partial charge in [-0.05, 0) is 19.1 Å². The first kappa shape index (κ1) is 19.1. The van der Waals surface area contributed by atoms with Crippen molar-refractivity contribution in [2.45, 2.75) is 37.3 Å². The monoisotopic (exact) mass is 354 g/mol. The fourth-order valence-electron chi connectivity index (χ4n) is 2.44. The van der Waals surface area contributed by atoms with E-state index in [9.17, 15) is 20.1 Å². The first-order valence-corrected chi connectivity index (χ1v) is 7.80. The molecule has 0 saturated heterocycles. The number of amides is 1. The number of aliphatic hydroxyl groups is 4. The van der Waals surface area contributed by atoms with Crippen LogP contribution in [0.1, 0.15) is 12.5 Å². The quantitative estimate of drug-likeness (QED) is 0.335. The fourth-order valence-corrected chi connectivity index (χ4v) is 2.44. The van der Waals surface area contributed by atoms with Crippen LogP contribution in [0.3, 0.4) is 0 Å². The van der Waals surface area contributed by atoms with Gasteiger partial charge in [0.15, 0.2) is 6.10 Å². The molecule has 0 radical (unpaired) electrons. The number of carbonyl (C=O) groups excluding carboxylic acids is 1. The van der Waals surface area contributed by atoms with Crippen LogP contribution in [0, 0.1) is 0 Å². The minimum Gasteiger partial charge on any atom is -0.507 e. The highest BCUT2D eigenvalue weighted by atomic mass is 16.5. The van der Waals surface area contributed by atoms with Gasteiger partial charge >= 0.3 is 0 Å². The summed E-state index contributed by atoms with van der Waals surface area (Å²) in [7, 11) is 0. The Morgan fingerprint density at radius 3 is 2.52 bits per heavy atom. The summed E-state index contributed by atoms with van der Waals surface area (Å²) in [6, 6.07) is 4.50. The second kappa shape index (κ2) is 8.26. The van der Waals surface area contributed by atoms with E-state index in [-0.39, 0.29) is 11.6 Å². The van der Waals surface area contributed by atoms with Crippen molar-refractivity contribution < 1.29 is 35.1 Å². The van der Waals surface area contributed by atoms with Crippen molar-refractivity contribution in [1.29, 1.82) is 0 Å². The summed E-state index contributed by atoms with van der Waals surface area (Å²) in [6.45, 7) is 0.590. The number of benzene rings is 1. The van der Waals surface area contributed by atoms with Crippen LogP contribution in [0.4, 0.5) is 0 Å². The molecule has 138 valence electrons. The standard InChI is InChI=1S/C16H22N2O7/c1-8-12(13(22)14(23)15(24)17-9(6-19)7-20)18-16(25-8)10-4-2-3-5-11(10)21/h2-5,8-9,12-14,19-23H,6-7H2,1H3,(H,17,24)/t8-,12+,13-,14-/m0/s1. The number of aliphatic imine (C=N–C) groups is 1. The SMILES string of the molecule is C[C@@H]1OC(c2ccccc2O)=N[C@H]1[C@H](O)[C@H](O)C(=O)NC(CO)CO. The molecule has 6 N–H and O–H groups in total. The van der Waals surface area contributed by atoms with Gasteiger partial charge in [-0.1, -0.05) is 12.1 Å². The van der Waals surface area contributed by atoms with Crippen LogP contribution in [0.5, 0.6) is 5.75 Å². The Hall–Kier alpha value is -2.20. The minimum absolute atomic E-state index is 0.0457. The number of hydrogen-bond donors (Lipinski definition) is 6. The summed E-state index contributed by atoms with van der Waals surface area (Å²) in [5.74, 6) is -0.888. The number of phenols is 1. The number of aromatic hydroxyl groups is 1. The maximum absolute atomic E-state index is 11.9. The third-order valence-electron chi connectivity index (χ3n) is 3.91. The molecule has 0 spiro atoms. The van der Waals surface area contributed by atoms with Crippen LogP contribution in [0.2, 0.25) is 0 Å². The van der Waals surface area contributed by atoms with Gasteiger partial charge in [-0.25, -0.2) is 4.99 Å². The minimum atomic E-state index is -1.83. The smallest absolute Gasteiger partial charge is 0.252 e. The van der Waals surface area contributed by atoms with Gasteiger partial charge < -0.3 is 35.6 Å². The Kier molecular flexibility index (Phi) is 6.32. The molecule has 1 aromatic rings. The summed E-state index contributed by atoms with van der Waals surface area (Å²) in [5, 5.41) is 50.2. The van der Waals surface area contributed by atoms with Gasteiger partial charge in [0.05, 0.1) is 24.8 Å². The van der Waals surface area contributed by atoms with Crippen molar-refractivity contribution in [3.63, 3.8) is 0 Å². The lowest BCUT2D eigenvalue weighted by molar-refractivity contribution is -0.138. The van der Waals surface area contributed by atoms with Crippen molar-refractivity contribution in [3.05, 3.63) is 29.8 Å². The van der Waals surface area contributed by atoms with Gasteiger partial charge in [0, 0.05) is 0 Å². The van der Waals surface area contributed by atoms with Gasteiger partial charge in [-0.3, -0.25) is 4.79 Å². The summed E-state index contributed by atoms with van der Waals surface area (Å²) < 4.78 is 5.52. The van der Waals surface area contributed by atoms with Gasteiger partial charge in [0.25, 0.3) is 5.91 Å². The first-order chi connectivity index (χ1) is 11.9. The predicted molar refractivity (Wildman–Crippen MR) is 87.1 cm³/mol. The Balaban J connectivity index is 2.11. The highest BCUT2D eigenvalue weighted by Crippen LogP contribution is 2.26. The van der Waals surface area contributed by atoms with E-state index in [2.05, 4.69) is 10.3 Å². The van der Waals surface area contributed by atoms with E-state index < -0.39 is 49.5 Å². The Morgan fingerprint density at radius 2 is 1.92 bits per heavy atom. The average molecular weight is 354 g/mol. The third-order valence-corrected chi connectivity index (χ3v) is 3.91. The maximum Gasteiger partial charge on any atom is 0.252 e. The van der Waals surface area contributed by atoms with E-state index in [1.54, 1.807) is 25.1 Å². The van der Waals surface area contributed by atoms with Gasteiger partial charge in [0.2, 0.25) is 5.90 Å². The molecular weight excluding hydrogens is 332 g/mol. The summed E-state index contributed by atoms with van der Waals surface area (Å²) in [4.78, 5) is 16.1. The van der Waals surface area contributed by atoms with Crippen molar-refractivity contribution in [2.24, 2.45) is 4.99 Å². The fraction of sp³-hybridized carbons (Fsp3) is 0.500. The topological polar surface area (TPSA) is 152 Å². The maximum atomic E-state index is 11.9. The van der Waals surface area contributed by atoms with Crippen molar-refractivity contribution in [3.8, 4) is 5.75 Å². The summed E-state index contributed by atoms with van der Waals surface area (Å²) in [6.07, 6.45) is -4.04. The Morgan fingerprint density at radius 1 is 1.28 bits per heavy atom. The van der Waals surface area contributed by atoms with Crippen molar-refractivity contribution >= 4 is 11.8 Å². The second-order valence-electron chi connectivity index (χ2n) is 5.77. The molecule has 2 rings (SSSR count). The first-order valence-electron chi connectivity index (χ1n) is 7.80. The molecule has 0 unspecified atom stereocenters. The number of carbonyl (C=O) groups is 1. The molecule has 1 heterocycles. The van der Waals surface area contributed by atoms with Crippen molar-refractivity contribution in [1.82, 2.24) is 5.32 Å². The molecule has 0 fully saturated rings. The van der Waals surface area contributed by atoms with E-state index >= 15 is 0 Å². The van der Waals surface area contributed by atoms with E-state index in [0.717, 1.165) is 0 Å². The van der Waals surface area contributed by atoms with Crippen LogP contribution in [0.25, 0.3) is 0 Å². The third kappa shape index (κ3) is 4.26. The zero-order valence-electron chi connectivity index (χ0n) is 13.6. The molecule has 4 atom stereocenters. The highest BCUT2D eigenvalue weighted by Gasteiger charge is 2.40. The number of aliphatic hydroxyl groups excluding tert-OH is 4. The molecule has 0 aliphatic carbocycles. The second-order valence-corrected chi connectivity index (χ2v) is 5.77. The molecule has 1 aromatic carbocycles. The average Bonchev–Trinajstić information content (AvgIpc) is 2.99. The molecule has 9 heteroatoms. The molecular formula is C16H22N2O7. The lowest BCUT2D eigenvalue weighted by Crippen LogP contribution is -2.52. The van der Waals surface area contributed by atoms with E-state index in [4.69, 9.17) is 14.9 Å². The number of phenolic OH excluding ortho intramolecular Hbond substituents is 1. The van der Waals surface area contributed by atoms with Crippen LogP contribution in [-0.2, 0) is 9.53 Å². The van der Waals surface area contributed by atoms with E-state index in [1.807, 2.05) is 0 Å². The van der Waals surface area contributed by atoms with E-state index in [1.165, 1.54) is 6.07 Å². The Labute approximate surface area is 144 Å². The molecule has 0 bridgehead atoms. The number of para-hydroxylation sites is 1. The highest BCUT2D eigenvalue weighted by molar-refractivity contribution is 5.98. The van der Waals surface area contributed by atoms with Gasteiger partial charge in [-0.15, -0.1) is 0 Å². The number of nitrogens with zero attached hydrogens (tertiary/aromatic N) is 1. The van der Waals surface area contributed by atoms with Crippen LogP contribution in [0.15, 0.2) is 29.3 Å². The van der Waals surface area contributed by atoms with Crippen LogP contribution < -0.4 is 5.32 Å². The zero-order valence-corrected chi connectivity index (χ0v) is 13.6. The molecule has 9 nitrogen and oxygen atoms in total. The summed E-state index contributed by atoms with van der Waals surface area (Å²) >= 11 is 0. The predicted octanol–water partition coefficient (Wildman–Crippen LogP) is -1.88. The molecule has 0 aromatic heterocycles. The zero-order chi connectivity index (χ0) is 18.6. The van der Waals surface area contributed by atoms with Crippen LogP contribution in [-0.4, -0.2) is 80.9 Å². The number of ether oxygens (including phenoxy) is 1. The van der Waals surface area contributed by atoms with Crippen molar-refractivity contribution in [2.75, 3.05) is 13.2 Å². The number of hydrogen-bond acceptors (Lipinski definition) is 8. The lowest BCUT2D eigenvalue weighted by Gasteiger charge is -2.24. The molecule has 1 amide bonds. The largest absolute Gasteiger partial charge is 0.507 e. The normalized spacial score (nSPS) is 22.2. The molecule has 1 aliphatic rings. The van der Waals surface area contributed by atoms with E-state index in [0.29, 0.717) is 5.56 Å². The van der Waals surface area contributed by atoms with Gasteiger partial charge in [0.1, 0.15) is 24.0 Å². The molecule has 1 aliphatic heterocycles. The molecule has 0 saturated carbocycles. The Bertz CT molecular complexity index is 633. The number of rotatable bonds is 7.